The molecule has 0 radical (unpaired) electrons. The number of ether oxygens (including phenoxy) is 1. The molecular formula is C27H40N4O3. The van der Waals surface area contributed by atoms with Crippen LogP contribution in [0.25, 0.3) is 0 Å². The Labute approximate surface area is 203 Å². The smallest absolute Gasteiger partial charge is 0.253 e. The number of benzene rings is 1. The Bertz CT molecular complexity index is 1070. The van der Waals surface area contributed by atoms with Crippen molar-refractivity contribution >= 4 is 11.6 Å². The highest BCUT2D eigenvalue weighted by Crippen LogP contribution is 2.32. The van der Waals surface area contributed by atoms with Gasteiger partial charge in [-0.2, -0.15) is 0 Å². The summed E-state index contributed by atoms with van der Waals surface area (Å²) in [5, 5.41) is 6.58. The van der Waals surface area contributed by atoms with Crippen molar-refractivity contribution in [1.82, 2.24) is 15.2 Å². The van der Waals surface area contributed by atoms with Crippen LogP contribution < -0.4 is 20.9 Å². The molecule has 2 aromatic rings. The van der Waals surface area contributed by atoms with Crippen molar-refractivity contribution in [3.05, 3.63) is 56.5 Å². The normalized spacial score (nSPS) is 19.1. The number of aromatic nitrogens is 1. The van der Waals surface area contributed by atoms with Crippen LogP contribution >= 0.6 is 0 Å². The second-order valence-corrected chi connectivity index (χ2v) is 9.94. The summed E-state index contributed by atoms with van der Waals surface area (Å²) in [5.41, 5.74) is 4.41. The number of carbonyl (C=O) groups is 1. The summed E-state index contributed by atoms with van der Waals surface area (Å²) in [6, 6.07) is 6.59. The minimum Gasteiger partial charge on any atom is -0.497 e. The maximum atomic E-state index is 13.1. The number of aryl methyl sites for hydroxylation is 2. The van der Waals surface area contributed by atoms with E-state index in [1.807, 2.05) is 32.9 Å². The largest absolute Gasteiger partial charge is 0.497 e. The fraction of sp³-hybridized carbons (Fsp3) is 0.556. The SMILES string of the molecule is COc1cc(NC(C)[C@H]2CC[C@H](N(C)C)CC2)c(C)c(C(=O)NCc2c(C)cc(C)[nH]c2=O)c1. The number of hydrogen-bond donors (Lipinski definition) is 3. The van der Waals surface area contributed by atoms with Crippen molar-refractivity contribution in [2.24, 2.45) is 5.92 Å². The van der Waals surface area contributed by atoms with Gasteiger partial charge in [0.05, 0.1) is 7.11 Å². The summed E-state index contributed by atoms with van der Waals surface area (Å²) >= 11 is 0. The molecule has 1 fully saturated rings. The molecule has 0 aliphatic heterocycles. The van der Waals surface area contributed by atoms with E-state index in [2.05, 4.69) is 41.5 Å². The van der Waals surface area contributed by atoms with E-state index >= 15 is 0 Å². The molecule has 1 atom stereocenters. The van der Waals surface area contributed by atoms with E-state index in [9.17, 15) is 9.59 Å². The van der Waals surface area contributed by atoms with Crippen molar-refractivity contribution in [2.75, 3.05) is 26.5 Å². The summed E-state index contributed by atoms with van der Waals surface area (Å²) in [4.78, 5) is 30.6. The van der Waals surface area contributed by atoms with Crippen LogP contribution in [0.2, 0.25) is 0 Å². The molecule has 1 aromatic carbocycles. The highest BCUT2D eigenvalue weighted by molar-refractivity contribution is 5.97. The topological polar surface area (TPSA) is 86.5 Å². The van der Waals surface area contributed by atoms with Crippen LogP contribution in [0.1, 0.15) is 65.3 Å². The Kier molecular flexibility index (Phi) is 8.42. The van der Waals surface area contributed by atoms with E-state index in [0.29, 0.717) is 34.9 Å². The third-order valence-electron chi connectivity index (χ3n) is 7.34. The van der Waals surface area contributed by atoms with Gasteiger partial charge >= 0.3 is 0 Å². The number of anilines is 1. The molecular weight excluding hydrogens is 428 g/mol. The summed E-state index contributed by atoms with van der Waals surface area (Å²) < 4.78 is 5.50. The third kappa shape index (κ3) is 6.00. The molecule has 3 rings (SSSR count). The molecule has 1 amide bonds. The van der Waals surface area contributed by atoms with Crippen LogP contribution in [-0.4, -0.2) is 49.1 Å². The number of pyridine rings is 1. The quantitative estimate of drug-likeness (QED) is 0.542. The first-order valence-corrected chi connectivity index (χ1v) is 12.2. The number of amides is 1. The van der Waals surface area contributed by atoms with E-state index < -0.39 is 0 Å². The molecule has 0 spiro atoms. The first-order chi connectivity index (χ1) is 16.1. The Morgan fingerprint density at radius 2 is 1.82 bits per heavy atom. The van der Waals surface area contributed by atoms with E-state index in [-0.39, 0.29) is 18.0 Å². The molecule has 0 bridgehead atoms. The maximum Gasteiger partial charge on any atom is 0.253 e. The lowest BCUT2D eigenvalue weighted by atomic mass is 9.81. The van der Waals surface area contributed by atoms with Gasteiger partial charge in [-0.3, -0.25) is 9.59 Å². The minimum atomic E-state index is -0.224. The van der Waals surface area contributed by atoms with Crippen LogP contribution in [0.5, 0.6) is 5.75 Å². The lowest BCUT2D eigenvalue weighted by molar-refractivity contribution is 0.0950. The predicted octanol–water partition coefficient (Wildman–Crippen LogP) is 4.16. The second-order valence-electron chi connectivity index (χ2n) is 9.94. The van der Waals surface area contributed by atoms with Gasteiger partial charge < -0.3 is 25.3 Å². The number of methoxy groups -OCH3 is 1. The van der Waals surface area contributed by atoms with Crippen LogP contribution in [0.15, 0.2) is 23.0 Å². The summed E-state index contributed by atoms with van der Waals surface area (Å²) in [6.07, 6.45) is 4.81. The zero-order chi connectivity index (χ0) is 25.0. The number of rotatable bonds is 8. The monoisotopic (exact) mass is 468 g/mol. The van der Waals surface area contributed by atoms with Crippen molar-refractivity contribution in [1.29, 1.82) is 0 Å². The van der Waals surface area contributed by atoms with Gasteiger partial charge in [0.1, 0.15) is 5.75 Å². The number of nitrogens with one attached hydrogen (secondary N) is 3. The van der Waals surface area contributed by atoms with Crippen molar-refractivity contribution in [3.8, 4) is 5.75 Å². The van der Waals surface area contributed by atoms with Crippen molar-refractivity contribution in [2.45, 2.75) is 72.0 Å². The van der Waals surface area contributed by atoms with E-state index in [1.165, 1.54) is 25.7 Å². The highest BCUT2D eigenvalue weighted by atomic mass is 16.5. The van der Waals surface area contributed by atoms with Gasteiger partial charge in [0.15, 0.2) is 0 Å². The van der Waals surface area contributed by atoms with Gasteiger partial charge in [0.25, 0.3) is 11.5 Å². The molecule has 1 aliphatic carbocycles. The molecule has 7 nitrogen and oxygen atoms in total. The summed E-state index contributed by atoms with van der Waals surface area (Å²) in [7, 11) is 5.93. The molecule has 1 saturated carbocycles. The lowest BCUT2D eigenvalue weighted by Crippen LogP contribution is -2.36. The molecule has 1 aromatic heterocycles. The predicted molar refractivity (Wildman–Crippen MR) is 138 cm³/mol. The number of nitrogens with zero attached hydrogens (tertiary/aromatic N) is 1. The van der Waals surface area contributed by atoms with Gasteiger partial charge in [-0.25, -0.2) is 0 Å². The molecule has 1 unspecified atom stereocenters. The van der Waals surface area contributed by atoms with Crippen molar-refractivity contribution in [3.63, 3.8) is 0 Å². The van der Waals surface area contributed by atoms with Crippen LogP contribution in [0.3, 0.4) is 0 Å². The average molecular weight is 469 g/mol. The standard InChI is InChI=1S/C27H40N4O3/c1-16-12-17(2)29-27(33)24(16)15-28-26(32)23-13-22(34-7)14-25(18(23)3)30-19(4)20-8-10-21(11-9-20)31(5)6/h12-14,19-21,30H,8-11,15H2,1-7H3,(H,28,32)(H,29,33)/t19?,20-,21-. The van der Waals surface area contributed by atoms with Gasteiger partial charge in [-0.15, -0.1) is 0 Å². The maximum absolute atomic E-state index is 13.1. The fourth-order valence-electron chi connectivity index (χ4n) is 5.04. The zero-order valence-corrected chi connectivity index (χ0v) is 21.7. The molecule has 186 valence electrons. The lowest BCUT2D eigenvalue weighted by Gasteiger charge is -2.36. The first-order valence-electron chi connectivity index (χ1n) is 12.2. The highest BCUT2D eigenvalue weighted by Gasteiger charge is 2.27. The number of carbonyl (C=O) groups excluding carboxylic acids is 1. The van der Waals surface area contributed by atoms with Gasteiger partial charge in [0.2, 0.25) is 0 Å². The van der Waals surface area contributed by atoms with Gasteiger partial charge in [-0.1, -0.05) is 0 Å². The number of aromatic amines is 1. The Balaban J connectivity index is 1.74. The fourth-order valence-corrected chi connectivity index (χ4v) is 5.04. The van der Waals surface area contributed by atoms with E-state index in [0.717, 1.165) is 22.5 Å². The van der Waals surface area contributed by atoms with E-state index in [4.69, 9.17) is 4.74 Å². The Morgan fingerprint density at radius 3 is 2.41 bits per heavy atom. The Hall–Kier alpha value is -2.80. The average Bonchev–Trinajstić information content (AvgIpc) is 2.79. The van der Waals surface area contributed by atoms with Gasteiger partial charge in [-0.05, 0) is 96.7 Å². The third-order valence-corrected chi connectivity index (χ3v) is 7.34. The summed E-state index contributed by atoms with van der Waals surface area (Å²) in [5.74, 6) is 0.999. The second kappa shape index (κ2) is 11.1. The molecule has 34 heavy (non-hydrogen) atoms. The van der Waals surface area contributed by atoms with Crippen molar-refractivity contribution < 1.29 is 9.53 Å². The molecule has 3 N–H and O–H groups in total. The van der Waals surface area contributed by atoms with Crippen LogP contribution in [-0.2, 0) is 6.54 Å². The van der Waals surface area contributed by atoms with Crippen LogP contribution in [0, 0.1) is 26.7 Å². The first kappa shape index (κ1) is 25.8. The Morgan fingerprint density at radius 1 is 1.15 bits per heavy atom. The molecule has 7 heteroatoms. The van der Waals surface area contributed by atoms with Gasteiger partial charge in [0, 0.05) is 47.2 Å². The molecule has 0 saturated heterocycles. The van der Waals surface area contributed by atoms with Crippen LogP contribution in [0.4, 0.5) is 5.69 Å². The molecule has 1 heterocycles. The van der Waals surface area contributed by atoms with E-state index in [1.54, 1.807) is 13.2 Å². The minimum absolute atomic E-state index is 0.166. The summed E-state index contributed by atoms with van der Waals surface area (Å²) in [6.45, 7) is 8.09. The molecule has 1 aliphatic rings. The zero-order valence-electron chi connectivity index (χ0n) is 21.7. The number of hydrogen-bond acceptors (Lipinski definition) is 5. The number of H-pyrrole nitrogens is 1.